The lowest BCUT2D eigenvalue weighted by Gasteiger charge is -2.40. The van der Waals surface area contributed by atoms with E-state index in [0.717, 1.165) is 50.2 Å². The standard InChI is InChI=1S/C19H30N4O2S/c1-22(2)18-20-12-16-8-10-19(17(16)21-18)9-5-11-23(14-19)26(24,25)13-15-6-3-4-7-15/h12,15H,3-11,13-14H2,1-2H3. The van der Waals surface area contributed by atoms with Gasteiger partial charge in [0, 0.05) is 38.8 Å². The molecule has 1 spiro atoms. The van der Waals surface area contributed by atoms with Gasteiger partial charge in [-0.25, -0.2) is 22.7 Å². The van der Waals surface area contributed by atoms with Crippen LogP contribution >= 0.6 is 0 Å². The summed E-state index contributed by atoms with van der Waals surface area (Å²) in [5, 5.41) is 0. The molecule has 4 rings (SSSR count). The van der Waals surface area contributed by atoms with Crippen LogP contribution in [0.3, 0.4) is 0 Å². The molecule has 0 aromatic carbocycles. The van der Waals surface area contributed by atoms with Crippen molar-refractivity contribution in [2.45, 2.75) is 56.8 Å². The summed E-state index contributed by atoms with van der Waals surface area (Å²) in [5.74, 6) is 1.41. The fourth-order valence-corrected chi connectivity index (χ4v) is 7.04. The van der Waals surface area contributed by atoms with E-state index in [1.807, 2.05) is 25.2 Å². The van der Waals surface area contributed by atoms with Crippen LogP contribution < -0.4 is 4.90 Å². The number of fused-ring (bicyclic) bond motifs is 2. The van der Waals surface area contributed by atoms with Crippen molar-refractivity contribution in [3.8, 4) is 0 Å². The summed E-state index contributed by atoms with van der Waals surface area (Å²) in [6.45, 7) is 1.26. The zero-order chi connectivity index (χ0) is 18.4. The molecular weight excluding hydrogens is 348 g/mol. The lowest BCUT2D eigenvalue weighted by Crippen LogP contribution is -2.49. The average Bonchev–Trinajstić information content (AvgIpc) is 3.23. The molecule has 0 radical (unpaired) electrons. The minimum atomic E-state index is -3.18. The Morgan fingerprint density at radius 2 is 2.00 bits per heavy atom. The molecule has 1 aromatic rings. The summed E-state index contributed by atoms with van der Waals surface area (Å²) in [6, 6.07) is 0. The second kappa shape index (κ2) is 6.75. The van der Waals surface area contributed by atoms with Crippen LogP contribution in [-0.2, 0) is 21.9 Å². The summed E-state index contributed by atoms with van der Waals surface area (Å²) in [5.41, 5.74) is 2.17. The molecule has 1 saturated heterocycles. The highest BCUT2D eigenvalue weighted by Crippen LogP contribution is 2.45. The Morgan fingerprint density at radius 1 is 1.23 bits per heavy atom. The van der Waals surface area contributed by atoms with Crippen molar-refractivity contribution < 1.29 is 8.42 Å². The Bertz CT molecular complexity index is 770. The number of nitrogens with zero attached hydrogens (tertiary/aromatic N) is 4. The van der Waals surface area contributed by atoms with E-state index in [1.54, 1.807) is 4.31 Å². The molecule has 2 heterocycles. The first-order valence-corrected chi connectivity index (χ1v) is 11.5. The Labute approximate surface area is 157 Å². The SMILES string of the molecule is CN(C)c1ncc2c(n1)C1(CCCN(S(=O)(=O)CC3CCCC3)C1)CC2. The van der Waals surface area contributed by atoms with Crippen LogP contribution in [0.4, 0.5) is 5.95 Å². The van der Waals surface area contributed by atoms with Gasteiger partial charge in [-0.3, -0.25) is 0 Å². The molecule has 3 aliphatic rings. The van der Waals surface area contributed by atoms with Gasteiger partial charge in [0.2, 0.25) is 16.0 Å². The Kier molecular flexibility index (Phi) is 4.72. The monoisotopic (exact) mass is 378 g/mol. The normalized spacial score (nSPS) is 27.2. The van der Waals surface area contributed by atoms with Gasteiger partial charge < -0.3 is 4.90 Å². The van der Waals surface area contributed by atoms with Crippen LogP contribution in [0.25, 0.3) is 0 Å². The maximum atomic E-state index is 13.1. The number of piperidine rings is 1. The smallest absolute Gasteiger partial charge is 0.225 e. The molecule has 1 aromatic heterocycles. The van der Waals surface area contributed by atoms with E-state index in [0.29, 0.717) is 24.8 Å². The van der Waals surface area contributed by atoms with E-state index >= 15 is 0 Å². The van der Waals surface area contributed by atoms with Crippen molar-refractivity contribution in [3.05, 3.63) is 17.5 Å². The Morgan fingerprint density at radius 3 is 2.73 bits per heavy atom. The van der Waals surface area contributed by atoms with E-state index in [2.05, 4.69) is 4.98 Å². The average molecular weight is 379 g/mol. The summed E-state index contributed by atoms with van der Waals surface area (Å²) < 4.78 is 27.9. The van der Waals surface area contributed by atoms with E-state index in [9.17, 15) is 8.42 Å². The molecule has 144 valence electrons. The molecule has 0 amide bonds. The number of hydrogen-bond acceptors (Lipinski definition) is 5. The van der Waals surface area contributed by atoms with Crippen molar-refractivity contribution in [2.24, 2.45) is 5.92 Å². The molecule has 6 nitrogen and oxygen atoms in total. The minimum Gasteiger partial charge on any atom is -0.347 e. The number of rotatable bonds is 4. The predicted molar refractivity (Wildman–Crippen MR) is 103 cm³/mol. The van der Waals surface area contributed by atoms with Gasteiger partial charge >= 0.3 is 0 Å². The third-order valence-corrected chi connectivity index (χ3v) is 8.47. The second-order valence-corrected chi connectivity index (χ2v) is 10.6. The van der Waals surface area contributed by atoms with Crippen molar-refractivity contribution in [3.63, 3.8) is 0 Å². The van der Waals surface area contributed by atoms with Crippen LogP contribution in [0.1, 0.15) is 56.2 Å². The molecular formula is C19H30N4O2S. The topological polar surface area (TPSA) is 66.4 Å². The number of anilines is 1. The van der Waals surface area contributed by atoms with Crippen LogP contribution in [0, 0.1) is 5.92 Å². The first-order valence-electron chi connectivity index (χ1n) is 9.91. The van der Waals surface area contributed by atoms with E-state index in [4.69, 9.17) is 4.98 Å². The molecule has 1 saturated carbocycles. The van der Waals surface area contributed by atoms with Gasteiger partial charge in [0.15, 0.2) is 0 Å². The fraction of sp³-hybridized carbons (Fsp3) is 0.789. The van der Waals surface area contributed by atoms with Gasteiger partial charge in [-0.05, 0) is 50.0 Å². The first-order chi connectivity index (χ1) is 12.4. The van der Waals surface area contributed by atoms with E-state index < -0.39 is 10.0 Å². The molecule has 26 heavy (non-hydrogen) atoms. The van der Waals surface area contributed by atoms with Gasteiger partial charge in [0.25, 0.3) is 0 Å². The first kappa shape index (κ1) is 18.2. The summed E-state index contributed by atoms with van der Waals surface area (Å²) in [7, 11) is 0.714. The van der Waals surface area contributed by atoms with Crippen LogP contribution in [0.2, 0.25) is 0 Å². The summed E-state index contributed by atoms with van der Waals surface area (Å²) in [6.07, 6.45) is 10.3. The van der Waals surface area contributed by atoms with Crippen LogP contribution in [0.5, 0.6) is 0 Å². The zero-order valence-corrected chi connectivity index (χ0v) is 16.8. The highest BCUT2D eigenvalue weighted by molar-refractivity contribution is 7.89. The molecule has 0 bridgehead atoms. The second-order valence-electron chi connectivity index (χ2n) is 8.58. The third-order valence-electron chi connectivity index (χ3n) is 6.48. The lowest BCUT2D eigenvalue weighted by atomic mass is 9.78. The summed E-state index contributed by atoms with van der Waals surface area (Å²) in [4.78, 5) is 11.2. The van der Waals surface area contributed by atoms with Gasteiger partial charge in [0.1, 0.15) is 0 Å². The molecule has 2 fully saturated rings. The van der Waals surface area contributed by atoms with Crippen LogP contribution in [0.15, 0.2) is 6.20 Å². The number of sulfonamides is 1. The summed E-state index contributed by atoms with van der Waals surface area (Å²) >= 11 is 0. The van der Waals surface area contributed by atoms with E-state index in [1.165, 1.54) is 18.4 Å². The Balaban J connectivity index is 1.59. The highest BCUT2D eigenvalue weighted by Gasteiger charge is 2.46. The molecule has 1 atom stereocenters. The quantitative estimate of drug-likeness (QED) is 0.804. The lowest BCUT2D eigenvalue weighted by molar-refractivity contribution is 0.218. The van der Waals surface area contributed by atoms with Gasteiger partial charge in [0.05, 0.1) is 11.4 Å². The van der Waals surface area contributed by atoms with Crippen molar-refractivity contribution in [1.82, 2.24) is 14.3 Å². The minimum absolute atomic E-state index is 0.121. The fourth-order valence-electron chi connectivity index (χ4n) is 5.05. The van der Waals surface area contributed by atoms with Gasteiger partial charge in [-0.1, -0.05) is 12.8 Å². The van der Waals surface area contributed by atoms with Crippen LogP contribution in [-0.4, -0.2) is 55.6 Å². The zero-order valence-electron chi connectivity index (χ0n) is 15.9. The molecule has 7 heteroatoms. The molecule has 2 aliphatic carbocycles. The third kappa shape index (κ3) is 3.24. The maximum absolute atomic E-state index is 13.1. The van der Waals surface area contributed by atoms with Crippen molar-refractivity contribution in [1.29, 1.82) is 0 Å². The number of aromatic nitrogens is 2. The van der Waals surface area contributed by atoms with Gasteiger partial charge in [-0.2, -0.15) is 0 Å². The van der Waals surface area contributed by atoms with E-state index in [-0.39, 0.29) is 5.41 Å². The largest absolute Gasteiger partial charge is 0.347 e. The number of aryl methyl sites for hydroxylation is 1. The predicted octanol–water partition coefficient (Wildman–Crippen LogP) is 2.34. The Hall–Kier alpha value is -1.21. The maximum Gasteiger partial charge on any atom is 0.225 e. The molecule has 1 unspecified atom stereocenters. The van der Waals surface area contributed by atoms with Crippen molar-refractivity contribution in [2.75, 3.05) is 37.8 Å². The molecule has 1 aliphatic heterocycles. The molecule has 0 N–H and O–H groups in total. The highest BCUT2D eigenvalue weighted by atomic mass is 32.2. The van der Waals surface area contributed by atoms with Crippen molar-refractivity contribution >= 4 is 16.0 Å². The van der Waals surface area contributed by atoms with Gasteiger partial charge in [-0.15, -0.1) is 0 Å². The number of hydrogen-bond donors (Lipinski definition) is 0.